The van der Waals surface area contributed by atoms with Gasteiger partial charge < -0.3 is 32.8 Å². The Morgan fingerprint density at radius 1 is 1.36 bits per heavy atom. The lowest BCUT2D eigenvalue weighted by Gasteiger charge is -2.05. The van der Waals surface area contributed by atoms with E-state index < -0.39 is 18.0 Å². The highest BCUT2D eigenvalue weighted by Gasteiger charge is 2.09. The minimum Gasteiger partial charge on any atom is -0.480 e. The quantitative estimate of drug-likeness (QED) is 0.358. The van der Waals surface area contributed by atoms with E-state index in [1.807, 2.05) is 0 Å². The number of hydrogen-bond donors (Lipinski definition) is 4. The Morgan fingerprint density at radius 2 is 1.86 bits per heavy atom. The van der Waals surface area contributed by atoms with E-state index in [2.05, 4.69) is 5.32 Å². The minimum absolute atomic E-state index is 0. The van der Waals surface area contributed by atoms with Crippen LogP contribution in [-0.2, 0) is 4.79 Å². The molecule has 0 heterocycles. The Bertz CT molecular complexity index is 175. The van der Waals surface area contributed by atoms with E-state index in [0.29, 0.717) is 19.4 Å². The molecule has 0 spiro atoms. The van der Waals surface area contributed by atoms with Crippen LogP contribution in [0, 0.1) is 0 Å². The lowest BCUT2D eigenvalue weighted by Crippen LogP contribution is -2.33. The summed E-state index contributed by atoms with van der Waals surface area (Å²) in [4.78, 5) is 20.3. The molecule has 10 N–H and O–H groups in total. The van der Waals surface area contributed by atoms with E-state index in [-0.39, 0.29) is 11.0 Å². The van der Waals surface area contributed by atoms with Gasteiger partial charge in [-0.25, -0.2) is 4.79 Å². The van der Waals surface area contributed by atoms with Crippen molar-refractivity contribution in [3.05, 3.63) is 0 Å². The predicted octanol–water partition coefficient (Wildman–Crippen LogP) is -2.80. The van der Waals surface area contributed by atoms with Gasteiger partial charge in [0.2, 0.25) is 0 Å². The summed E-state index contributed by atoms with van der Waals surface area (Å²) in [5.41, 5.74) is 9.96. The average molecular weight is 211 g/mol. The van der Waals surface area contributed by atoms with E-state index in [9.17, 15) is 9.59 Å². The number of nitrogens with one attached hydrogen (secondary N) is 1. The molecule has 8 nitrogen and oxygen atoms in total. The Balaban J connectivity index is -0.000000605. The molecule has 1 atom stereocenters. The fourth-order valence-corrected chi connectivity index (χ4v) is 0.657. The summed E-state index contributed by atoms with van der Waals surface area (Å²) in [5.74, 6) is -1.03. The molecule has 2 amide bonds. The monoisotopic (exact) mass is 211 g/mol. The lowest BCUT2D eigenvalue weighted by atomic mass is 10.2. The molecule has 14 heavy (non-hydrogen) atoms. The Morgan fingerprint density at radius 3 is 2.21 bits per heavy atom. The van der Waals surface area contributed by atoms with Crippen molar-refractivity contribution in [3.63, 3.8) is 0 Å². The second-order valence-electron chi connectivity index (χ2n) is 2.38. The summed E-state index contributed by atoms with van der Waals surface area (Å²) < 4.78 is 0. The first-order chi connectivity index (χ1) is 5.54. The topological polar surface area (TPSA) is 181 Å². The van der Waals surface area contributed by atoms with Crippen LogP contribution in [0.2, 0.25) is 0 Å². The normalized spacial score (nSPS) is 10.4. The molecule has 0 fully saturated rings. The number of amides is 2. The zero-order chi connectivity index (χ0) is 9.56. The van der Waals surface area contributed by atoms with Crippen molar-refractivity contribution in [1.82, 2.24) is 5.32 Å². The van der Waals surface area contributed by atoms with Crippen LogP contribution in [-0.4, -0.2) is 40.6 Å². The molecule has 0 aromatic rings. The molecular weight excluding hydrogens is 194 g/mol. The van der Waals surface area contributed by atoms with Gasteiger partial charge in [0, 0.05) is 6.54 Å². The van der Waals surface area contributed by atoms with Crippen molar-refractivity contribution >= 4 is 12.0 Å². The number of primary amides is 1. The van der Waals surface area contributed by atoms with Crippen molar-refractivity contribution in [2.24, 2.45) is 11.5 Å². The molecular formula is C6H17N3O5. The summed E-state index contributed by atoms with van der Waals surface area (Å²) in [6, 6.07) is -1.47. The number of nitrogens with two attached hydrogens (primary N) is 2. The summed E-state index contributed by atoms with van der Waals surface area (Å²) in [6.07, 6.45) is 0.839. The maximum Gasteiger partial charge on any atom is 0.320 e. The van der Waals surface area contributed by atoms with Gasteiger partial charge in [-0.2, -0.15) is 0 Å². The maximum absolute atomic E-state index is 10.2. The van der Waals surface area contributed by atoms with Crippen LogP contribution in [0.5, 0.6) is 0 Å². The summed E-state index contributed by atoms with van der Waals surface area (Å²) >= 11 is 0. The van der Waals surface area contributed by atoms with Crippen LogP contribution < -0.4 is 16.8 Å². The largest absolute Gasteiger partial charge is 0.480 e. The first-order valence-electron chi connectivity index (χ1n) is 3.55. The molecule has 0 aromatic heterocycles. The molecule has 8 heteroatoms. The van der Waals surface area contributed by atoms with Crippen molar-refractivity contribution in [2.45, 2.75) is 18.9 Å². The Kier molecular flexibility index (Phi) is 12.8. The molecule has 0 aliphatic rings. The van der Waals surface area contributed by atoms with Gasteiger partial charge in [0.05, 0.1) is 0 Å². The SMILES string of the molecule is NC(=O)NCCC[C@@H](N)C(=O)O.O.O. The summed E-state index contributed by atoms with van der Waals surface area (Å²) in [5, 5.41) is 10.7. The fourth-order valence-electron chi connectivity index (χ4n) is 0.657. The maximum atomic E-state index is 10.2. The van der Waals surface area contributed by atoms with Gasteiger partial charge in [0.15, 0.2) is 0 Å². The Labute approximate surface area is 80.9 Å². The number of carbonyl (C=O) groups excluding carboxylic acids is 1. The number of hydrogen-bond acceptors (Lipinski definition) is 3. The van der Waals surface area contributed by atoms with Gasteiger partial charge >= 0.3 is 12.0 Å². The Hall–Kier alpha value is -1.38. The van der Waals surface area contributed by atoms with E-state index in [0.717, 1.165) is 0 Å². The molecule has 0 rings (SSSR count). The van der Waals surface area contributed by atoms with Crippen LogP contribution in [0.15, 0.2) is 0 Å². The van der Waals surface area contributed by atoms with Crippen LogP contribution in [0.3, 0.4) is 0 Å². The predicted molar refractivity (Wildman–Crippen MR) is 49.7 cm³/mol. The van der Waals surface area contributed by atoms with Gasteiger partial charge in [-0.1, -0.05) is 0 Å². The highest BCUT2D eigenvalue weighted by molar-refractivity contribution is 5.73. The number of urea groups is 1. The van der Waals surface area contributed by atoms with E-state index in [1.165, 1.54) is 0 Å². The second-order valence-corrected chi connectivity index (χ2v) is 2.38. The molecule has 0 saturated carbocycles. The van der Waals surface area contributed by atoms with Gasteiger partial charge in [-0.3, -0.25) is 4.79 Å². The number of rotatable bonds is 5. The first kappa shape index (κ1) is 18.4. The van der Waals surface area contributed by atoms with Gasteiger partial charge in [0.25, 0.3) is 0 Å². The fraction of sp³-hybridized carbons (Fsp3) is 0.667. The smallest absolute Gasteiger partial charge is 0.320 e. The highest BCUT2D eigenvalue weighted by Crippen LogP contribution is 1.92. The second kappa shape index (κ2) is 9.71. The van der Waals surface area contributed by atoms with Gasteiger partial charge in [-0.15, -0.1) is 0 Å². The van der Waals surface area contributed by atoms with Gasteiger partial charge in [0.1, 0.15) is 6.04 Å². The molecule has 0 aromatic carbocycles. The van der Waals surface area contributed by atoms with E-state index in [4.69, 9.17) is 16.6 Å². The van der Waals surface area contributed by atoms with Gasteiger partial charge in [-0.05, 0) is 12.8 Å². The summed E-state index contributed by atoms with van der Waals surface area (Å²) in [6.45, 7) is 0.357. The van der Waals surface area contributed by atoms with Crippen molar-refractivity contribution in [3.8, 4) is 0 Å². The van der Waals surface area contributed by atoms with Crippen molar-refractivity contribution in [1.29, 1.82) is 0 Å². The van der Waals surface area contributed by atoms with Crippen LogP contribution in [0.4, 0.5) is 4.79 Å². The molecule has 86 valence electrons. The van der Waals surface area contributed by atoms with Crippen molar-refractivity contribution < 1.29 is 25.6 Å². The van der Waals surface area contributed by atoms with Crippen LogP contribution in [0.25, 0.3) is 0 Å². The molecule has 0 saturated heterocycles. The number of carbonyl (C=O) groups is 2. The van der Waals surface area contributed by atoms with E-state index >= 15 is 0 Å². The first-order valence-corrected chi connectivity index (χ1v) is 3.55. The standard InChI is InChI=1S/C6H13N3O3.2H2O/c7-4(5(10)11)2-1-3-9-6(8)12;;/h4H,1-3,7H2,(H,10,11)(H3,8,9,12);2*1H2/t4-;;/m1../s1. The minimum atomic E-state index is -1.03. The van der Waals surface area contributed by atoms with E-state index in [1.54, 1.807) is 0 Å². The third kappa shape index (κ3) is 10.6. The molecule has 0 radical (unpaired) electrons. The number of carboxylic acids is 1. The third-order valence-corrected chi connectivity index (χ3v) is 1.31. The summed E-state index contributed by atoms with van der Waals surface area (Å²) in [7, 11) is 0. The van der Waals surface area contributed by atoms with Crippen LogP contribution >= 0.6 is 0 Å². The average Bonchev–Trinajstić information content (AvgIpc) is 1.97. The number of aliphatic carboxylic acids is 1. The van der Waals surface area contributed by atoms with Crippen LogP contribution in [0.1, 0.15) is 12.8 Å². The van der Waals surface area contributed by atoms with Crippen molar-refractivity contribution in [2.75, 3.05) is 6.54 Å². The zero-order valence-corrected chi connectivity index (χ0v) is 7.62. The molecule has 0 bridgehead atoms. The molecule has 0 unspecified atom stereocenters. The molecule has 0 aliphatic heterocycles. The third-order valence-electron chi connectivity index (χ3n) is 1.31. The number of carboxylic acid groups (broad SMARTS) is 1. The molecule has 0 aliphatic carbocycles. The highest BCUT2D eigenvalue weighted by atomic mass is 16.4. The lowest BCUT2D eigenvalue weighted by molar-refractivity contribution is -0.138. The zero-order valence-electron chi connectivity index (χ0n) is 7.62.